The molecule has 2 aromatic rings. The molecule has 6 heteroatoms. The number of sulfonamides is 1. The molecule has 1 heterocycles. The number of nitrogens with zero attached hydrogens (tertiary/aromatic N) is 2. The van der Waals surface area contributed by atoms with Crippen LogP contribution in [0.5, 0.6) is 0 Å². The summed E-state index contributed by atoms with van der Waals surface area (Å²) in [5, 5.41) is 0. The van der Waals surface area contributed by atoms with Gasteiger partial charge in [0.25, 0.3) is 0 Å². The highest BCUT2D eigenvalue weighted by Gasteiger charge is 2.34. The number of carbonyl (C=O) groups excluding carboxylic acids is 1. The summed E-state index contributed by atoms with van der Waals surface area (Å²) in [5.74, 6) is -0.186. The third-order valence-electron chi connectivity index (χ3n) is 4.68. The van der Waals surface area contributed by atoms with E-state index in [9.17, 15) is 13.2 Å². The average molecular weight is 358 g/mol. The fourth-order valence-electron chi connectivity index (χ4n) is 3.19. The van der Waals surface area contributed by atoms with Gasteiger partial charge in [-0.05, 0) is 23.1 Å². The topological polar surface area (TPSA) is 57.7 Å². The summed E-state index contributed by atoms with van der Waals surface area (Å²) in [5.41, 5.74) is 3.05. The van der Waals surface area contributed by atoms with Crippen LogP contribution in [0.3, 0.4) is 0 Å². The molecule has 1 amide bonds. The van der Waals surface area contributed by atoms with Gasteiger partial charge in [-0.1, -0.05) is 54.6 Å². The molecule has 0 N–H and O–H groups in total. The summed E-state index contributed by atoms with van der Waals surface area (Å²) in [6.07, 6.45) is 1.91. The van der Waals surface area contributed by atoms with Crippen molar-refractivity contribution in [3.05, 3.63) is 71.3 Å². The molecule has 0 aliphatic carbocycles. The van der Waals surface area contributed by atoms with Crippen molar-refractivity contribution in [1.29, 1.82) is 0 Å². The van der Waals surface area contributed by atoms with Crippen molar-refractivity contribution in [3.8, 4) is 0 Å². The molecule has 0 fully saturated rings. The number of carbonyl (C=O) groups is 1. The van der Waals surface area contributed by atoms with Crippen LogP contribution in [0, 0.1) is 0 Å². The van der Waals surface area contributed by atoms with Gasteiger partial charge in [0.2, 0.25) is 15.9 Å². The number of rotatable bonds is 4. The average Bonchev–Trinajstić information content (AvgIpc) is 2.61. The van der Waals surface area contributed by atoms with E-state index in [1.165, 1.54) is 12.6 Å². The Kier molecular flexibility index (Phi) is 4.92. The van der Waals surface area contributed by atoms with E-state index in [-0.39, 0.29) is 5.91 Å². The molecule has 3 rings (SSSR count). The van der Waals surface area contributed by atoms with Gasteiger partial charge in [0, 0.05) is 20.1 Å². The molecule has 0 bridgehead atoms. The molecular formula is C19H22N2O3S. The lowest BCUT2D eigenvalue weighted by molar-refractivity contribution is -0.136. The molecule has 0 spiro atoms. The fraction of sp³-hybridized carbons (Fsp3) is 0.316. The van der Waals surface area contributed by atoms with Crippen LogP contribution in [0.1, 0.15) is 22.7 Å². The highest BCUT2D eigenvalue weighted by molar-refractivity contribution is 7.88. The number of benzene rings is 2. The van der Waals surface area contributed by atoms with Crippen molar-refractivity contribution in [2.45, 2.75) is 19.0 Å². The highest BCUT2D eigenvalue weighted by atomic mass is 32.2. The van der Waals surface area contributed by atoms with E-state index >= 15 is 0 Å². The van der Waals surface area contributed by atoms with E-state index in [4.69, 9.17) is 0 Å². The van der Waals surface area contributed by atoms with Gasteiger partial charge in [0.1, 0.15) is 6.04 Å². The van der Waals surface area contributed by atoms with E-state index in [2.05, 4.69) is 6.07 Å². The van der Waals surface area contributed by atoms with Gasteiger partial charge < -0.3 is 4.90 Å². The van der Waals surface area contributed by atoms with Gasteiger partial charge in [0.05, 0.1) is 6.26 Å². The summed E-state index contributed by atoms with van der Waals surface area (Å²) in [6, 6.07) is 16.3. The zero-order chi connectivity index (χ0) is 18.0. The fourth-order valence-corrected chi connectivity index (χ4v) is 3.79. The second-order valence-corrected chi connectivity index (χ2v) is 8.41. The lowest BCUT2D eigenvalue weighted by atomic mass is 9.98. The summed E-state index contributed by atoms with van der Waals surface area (Å²) in [4.78, 5) is 15.0. The van der Waals surface area contributed by atoms with Gasteiger partial charge in [-0.2, -0.15) is 4.31 Å². The first kappa shape index (κ1) is 17.6. The maximum Gasteiger partial charge on any atom is 0.245 e. The van der Waals surface area contributed by atoms with Crippen LogP contribution >= 0.6 is 0 Å². The van der Waals surface area contributed by atoms with Crippen LogP contribution in [-0.4, -0.2) is 43.4 Å². The SMILES string of the molecule is CN([C@@H](C(=O)N1CCc2ccccc2C1)c1ccccc1)S(C)(=O)=O. The Morgan fingerprint density at radius 1 is 1.04 bits per heavy atom. The lowest BCUT2D eigenvalue weighted by Crippen LogP contribution is -2.45. The number of hydrogen-bond donors (Lipinski definition) is 0. The van der Waals surface area contributed by atoms with Crippen LogP contribution in [-0.2, 0) is 27.8 Å². The van der Waals surface area contributed by atoms with Crippen molar-refractivity contribution in [1.82, 2.24) is 9.21 Å². The molecule has 5 nitrogen and oxygen atoms in total. The van der Waals surface area contributed by atoms with Crippen LogP contribution in [0.2, 0.25) is 0 Å². The number of hydrogen-bond acceptors (Lipinski definition) is 3. The molecule has 0 saturated carbocycles. The maximum atomic E-state index is 13.2. The van der Waals surface area contributed by atoms with Crippen molar-refractivity contribution in [2.75, 3.05) is 19.8 Å². The van der Waals surface area contributed by atoms with Crippen molar-refractivity contribution >= 4 is 15.9 Å². The van der Waals surface area contributed by atoms with Crippen LogP contribution in [0.4, 0.5) is 0 Å². The van der Waals surface area contributed by atoms with Gasteiger partial charge in [0.15, 0.2) is 0 Å². The molecule has 1 aliphatic heterocycles. The minimum atomic E-state index is -3.51. The number of fused-ring (bicyclic) bond motifs is 1. The van der Waals surface area contributed by atoms with E-state index in [0.29, 0.717) is 18.7 Å². The van der Waals surface area contributed by atoms with Crippen LogP contribution in [0.15, 0.2) is 54.6 Å². The van der Waals surface area contributed by atoms with E-state index < -0.39 is 16.1 Å². The molecule has 132 valence electrons. The summed E-state index contributed by atoms with van der Waals surface area (Å²) in [6.45, 7) is 1.10. The van der Waals surface area contributed by atoms with Crippen molar-refractivity contribution in [3.63, 3.8) is 0 Å². The minimum absolute atomic E-state index is 0.186. The zero-order valence-electron chi connectivity index (χ0n) is 14.4. The van der Waals surface area contributed by atoms with E-state index in [0.717, 1.165) is 22.5 Å². The summed E-state index contributed by atoms with van der Waals surface area (Å²) >= 11 is 0. The minimum Gasteiger partial charge on any atom is -0.336 e. The molecule has 2 aromatic carbocycles. The Morgan fingerprint density at radius 3 is 2.28 bits per heavy atom. The largest absolute Gasteiger partial charge is 0.336 e. The Morgan fingerprint density at radius 2 is 1.64 bits per heavy atom. The standard InChI is InChI=1S/C19H22N2O3S/c1-20(25(2,23)24)18(16-9-4-3-5-10-16)19(22)21-13-12-15-8-6-7-11-17(15)14-21/h3-11,18H,12-14H2,1-2H3/t18-/m1/s1. The normalized spacial score (nSPS) is 15.7. The zero-order valence-corrected chi connectivity index (χ0v) is 15.2. The van der Waals surface area contributed by atoms with Crippen LogP contribution < -0.4 is 0 Å². The smallest absolute Gasteiger partial charge is 0.245 e. The first-order chi connectivity index (χ1) is 11.9. The third-order valence-corrected chi connectivity index (χ3v) is 5.94. The second kappa shape index (κ2) is 6.98. The molecule has 1 atom stereocenters. The van der Waals surface area contributed by atoms with Gasteiger partial charge in [-0.15, -0.1) is 0 Å². The molecule has 0 saturated heterocycles. The number of likely N-dealkylation sites (N-methyl/N-ethyl adjacent to an activating group) is 1. The predicted molar refractivity (Wildman–Crippen MR) is 97.4 cm³/mol. The molecule has 1 aliphatic rings. The second-order valence-electron chi connectivity index (χ2n) is 6.37. The summed E-state index contributed by atoms with van der Waals surface area (Å²) < 4.78 is 25.3. The van der Waals surface area contributed by atoms with Crippen LogP contribution in [0.25, 0.3) is 0 Å². The monoisotopic (exact) mass is 358 g/mol. The molecule has 0 radical (unpaired) electrons. The highest BCUT2D eigenvalue weighted by Crippen LogP contribution is 2.27. The molecule has 0 aromatic heterocycles. The van der Waals surface area contributed by atoms with E-state index in [1.807, 2.05) is 36.4 Å². The maximum absolute atomic E-state index is 13.2. The third kappa shape index (κ3) is 3.75. The van der Waals surface area contributed by atoms with Gasteiger partial charge >= 0.3 is 0 Å². The van der Waals surface area contributed by atoms with Crippen molar-refractivity contribution < 1.29 is 13.2 Å². The predicted octanol–water partition coefficient (Wildman–Crippen LogP) is 2.20. The lowest BCUT2D eigenvalue weighted by Gasteiger charge is -2.34. The quantitative estimate of drug-likeness (QED) is 0.842. The molecular weight excluding hydrogens is 336 g/mol. The van der Waals surface area contributed by atoms with Gasteiger partial charge in [-0.25, -0.2) is 8.42 Å². The first-order valence-corrected chi connectivity index (χ1v) is 10.1. The van der Waals surface area contributed by atoms with Gasteiger partial charge in [-0.3, -0.25) is 4.79 Å². The van der Waals surface area contributed by atoms with Crippen molar-refractivity contribution in [2.24, 2.45) is 0 Å². The van der Waals surface area contributed by atoms with E-state index in [1.54, 1.807) is 17.0 Å². The Balaban J connectivity index is 1.93. The first-order valence-electron chi connectivity index (χ1n) is 8.21. The Hall–Kier alpha value is -2.18. The molecule has 0 unspecified atom stereocenters. The molecule has 25 heavy (non-hydrogen) atoms. The Bertz CT molecular complexity index is 865. The number of amides is 1. The summed E-state index contributed by atoms with van der Waals surface area (Å²) in [7, 11) is -2.05. The Labute approximate surface area is 148 Å².